The minimum Gasteiger partial charge on any atom is -0.457 e. The molecule has 32 heavy (non-hydrogen) atoms. The Kier molecular flexibility index (Phi) is 7.20. The number of carbonyl (C=O) groups excluding carboxylic acids is 1. The number of rotatable bonds is 8. The highest BCUT2D eigenvalue weighted by atomic mass is 32.2. The highest BCUT2D eigenvalue weighted by Crippen LogP contribution is 2.27. The van der Waals surface area contributed by atoms with Gasteiger partial charge in [-0.05, 0) is 66.9 Å². The van der Waals surface area contributed by atoms with Crippen LogP contribution in [0.2, 0.25) is 0 Å². The minimum absolute atomic E-state index is 0.380. The second-order valence-corrected chi connectivity index (χ2v) is 9.77. The first kappa shape index (κ1) is 23.3. The average molecular weight is 453 g/mol. The zero-order valence-corrected chi connectivity index (χ0v) is 19.5. The molecule has 3 rings (SSSR count). The Labute approximate surface area is 189 Å². The molecule has 0 aliphatic carbocycles. The van der Waals surface area contributed by atoms with Crippen LogP contribution >= 0.6 is 0 Å². The maximum Gasteiger partial charge on any atom is 0.247 e. The lowest BCUT2D eigenvalue weighted by molar-refractivity contribution is -0.116. The van der Waals surface area contributed by atoms with E-state index in [4.69, 9.17) is 4.74 Å². The summed E-state index contributed by atoms with van der Waals surface area (Å²) in [6, 6.07) is 22.5. The van der Waals surface area contributed by atoms with Gasteiger partial charge in [-0.25, -0.2) is 8.42 Å². The van der Waals surface area contributed by atoms with Gasteiger partial charge >= 0.3 is 0 Å². The van der Waals surface area contributed by atoms with Crippen LogP contribution in [0.3, 0.4) is 0 Å². The molecule has 3 aromatic rings. The molecule has 1 atom stereocenters. The van der Waals surface area contributed by atoms with E-state index < -0.39 is 22.0 Å². The summed E-state index contributed by atoms with van der Waals surface area (Å²) in [5.74, 6) is 1.21. The number of anilines is 2. The van der Waals surface area contributed by atoms with Gasteiger partial charge < -0.3 is 10.1 Å². The molecule has 0 radical (unpaired) electrons. The van der Waals surface area contributed by atoms with Crippen LogP contribution in [0.15, 0.2) is 78.9 Å². The first-order valence-electron chi connectivity index (χ1n) is 10.4. The minimum atomic E-state index is -3.71. The Hall–Kier alpha value is -3.32. The Morgan fingerprint density at radius 2 is 1.41 bits per heavy atom. The predicted octanol–water partition coefficient (Wildman–Crippen LogP) is 5.40. The number of nitrogens with zero attached hydrogens (tertiary/aromatic N) is 1. The molecule has 0 fully saturated rings. The maximum absolute atomic E-state index is 12.9. The molecule has 0 aromatic heterocycles. The molecule has 6 nitrogen and oxygen atoms in total. The third kappa shape index (κ3) is 5.88. The molecule has 1 unspecified atom stereocenters. The van der Waals surface area contributed by atoms with E-state index in [1.165, 1.54) is 0 Å². The standard InChI is InChI=1S/C25H28N2O4S/c1-18(2)20-10-12-21(13-11-20)26-25(28)19(3)27(32(4,29)30)22-14-16-24(17-15-22)31-23-8-6-5-7-9-23/h5-19H,1-4H3,(H,26,28). The zero-order chi connectivity index (χ0) is 23.3. The molecule has 1 amide bonds. The Balaban J connectivity index is 1.77. The third-order valence-corrected chi connectivity index (χ3v) is 6.25. The van der Waals surface area contributed by atoms with Crippen LogP contribution in [0.4, 0.5) is 11.4 Å². The maximum atomic E-state index is 12.9. The van der Waals surface area contributed by atoms with Gasteiger partial charge in [0.05, 0.1) is 11.9 Å². The largest absolute Gasteiger partial charge is 0.457 e. The van der Waals surface area contributed by atoms with Crippen molar-refractivity contribution in [3.8, 4) is 11.5 Å². The lowest BCUT2D eigenvalue weighted by Crippen LogP contribution is -2.45. The molecule has 7 heteroatoms. The number of ether oxygens (including phenoxy) is 1. The molecule has 0 bridgehead atoms. The van der Waals surface area contributed by atoms with Crippen molar-refractivity contribution in [2.45, 2.75) is 32.7 Å². The summed E-state index contributed by atoms with van der Waals surface area (Å²) in [5.41, 5.74) is 2.16. The van der Waals surface area contributed by atoms with E-state index in [9.17, 15) is 13.2 Å². The van der Waals surface area contributed by atoms with E-state index in [1.54, 1.807) is 31.2 Å². The second kappa shape index (κ2) is 9.87. The van der Waals surface area contributed by atoms with Gasteiger partial charge in [0.1, 0.15) is 17.5 Å². The predicted molar refractivity (Wildman–Crippen MR) is 129 cm³/mol. The van der Waals surface area contributed by atoms with Crippen LogP contribution < -0.4 is 14.4 Å². The van der Waals surface area contributed by atoms with E-state index in [2.05, 4.69) is 19.2 Å². The van der Waals surface area contributed by atoms with Crippen LogP contribution in [0, 0.1) is 0 Å². The first-order chi connectivity index (χ1) is 15.1. The smallest absolute Gasteiger partial charge is 0.247 e. The van der Waals surface area contributed by atoms with Gasteiger partial charge in [0.15, 0.2) is 0 Å². The number of nitrogens with one attached hydrogen (secondary N) is 1. The summed E-state index contributed by atoms with van der Waals surface area (Å²) < 4.78 is 32.0. The lowest BCUT2D eigenvalue weighted by Gasteiger charge is -2.28. The Bertz CT molecular complexity index is 1140. The number of hydrogen-bond donors (Lipinski definition) is 1. The van der Waals surface area contributed by atoms with Crippen molar-refractivity contribution in [1.82, 2.24) is 0 Å². The number of para-hydroxylation sites is 1. The normalized spacial score (nSPS) is 12.3. The van der Waals surface area contributed by atoms with Crippen molar-refractivity contribution >= 4 is 27.3 Å². The van der Waals surface area contributed by atoms with Crippen LogP contribution in [0.1, 0.15) is 32.3 Å². The van der Waals surface area contributed by atoms with E-state index in [0.717, 1.165) is 16.1 Å². The molecule has 0 aliphatic rings. The van der Waals surface area contributed by atoms with Crippen molar-refractivity contribution in [2.24, 2.45) is 0 Å². The van der Waals surface area contributed by atoms with E-state index in [-0.39, 0.29) is 0 Å². The summed E-state index contributed by atoms with van der Waals surface area (Å²) in [6.07, 6.45) is 1.09. The van der Waals surface area contributed by atoms with Gasteiger partial charge in [-0.3, -0.25) is 9.10 Å². The number of hydrogen-bond acceptors (Lipinski definition) is 4. The van der Waals surface area contributed by atoms with Crippen molar-refractivity contribution in [3.63, 3.8) is 0 Å². The third-order valence-electron chi connectivity index (χ3n) is 5.00. The van der Waals surface area contributed by atoms with Crippen LogP contribution in [0.5, 0.6) is 11.5 Å². The molecule has 0 aliphatic heterocycles. The number of carbonyl (C=O) groups is 1. The molecule has 0 saturated heterocycles. The SMILES string of the molecule is CC(C)c1ccc(NC(=O)C(C)N(c2ccc(Oc3ccccc3)cc2)S(C)(=O)=O)cc1. The van der Waals surface area contributed by atoms with Gasteiger partial charge in [-0.15, -0.1) is 0 Å². The molecule has 168 valence electrons. The Morgan fingerprint density at radius 3 is 1.94 bits per heavy atom. The Morgan fingerprint density at radius 1 is 0.844 bits per heavy atom. The summed E-state index contributed by atoms with van der Waals surface area (Å²) in [5, 5.41) is 2.80. The highest BCUT2D eigenvalue weighted by molar-refractivity contribution is 7.92. The van der Waals surface area contributed by atoms with Gasteiger partial charge in [0.2, 0.25) is 15.9 Å². The first-order valence-corrected chi connectivity index (χ1v) is 12.2. The van der Waals surface area contributed by atoms with E-state index >= 15 is 0 Å². The van der Waals surface area contributed by atoms with Crippen molar-refractivity contribution in [2.75, 3.05) is 15.9 Å². The molecule has 0 spiro atoms. The molecular weight excluding hydrogens is 424 g/mol. The molecule has 0 saturated carbocycles. The highest BCUT2D eigenvalue weighted by Gasteiger charge is 2.29. The fourth-order valence-electron chi connectivity index (χ4n) is 3.29. The fraction of sp³-hybridized carbons (Fsp3) is 0.240. The summed E-state index contributed by atoms with van der Waals surface area (Å²) in [4.78, 5) is 12.9. The molecule has 3 aromatic carbocycles. The van der Waals surface area contributed by atoms with Gasteiger partial charge in [0.25, 0.3) is 0 Å². The number of amides is 1. The van der Waals surface area contributed by atoms with E-state index in [1.807, 2.05) is 54.6 Å². The van der Waals surface area contributed by atoms with E-state index in [0.29, 0.717) is 28.8 Å². The average Bonchev–Trinajstić information content (AvgIpc) is 2.75. The van der Waals surface area contributed by atoms with Crippen molar-refractivity contribution in [3.05, 3.63) is 84.4 Å². The lowest BCUT2D eigenvalue weighted by atomic mass is 10.0. The van der Waals surface area contributed by atoms with Gasteiger partial charge in [-0.2, -0.15) is 0 Å². The number of benzene rings is 3. The van der Waals surface area contributed by atoms with Crippen LogP contribution in [0.25, 0.3) is 0 Å². The van der Waals surface area contributed by atoms with Crippen LogP contribution in [-0.2, 0) is 14.8 Å². The van der Waals surface area contributed by atoms with Crippen molar-refractivity contribution in [1.29, 1.82) is 0 Å². The molecule has 0 heterocycles. The zero-order valence-electron chi connectivity index (χ0n) is 18.6. The quantitative estimate of drug-likeness (QED) is 0.497. The molecular formula is C25H28N2O4S. The molecule has 1 N–H and O–H groups in total. The monoisotopic (exact) mass is 452 g/mol. The van der Waals surface area contributed by atoms with Crippen LogP contribution in [-0.4, -0.2) is 26.6 Å². The van der Waals surface area contributed by atoms with Gasteiger partial charge in [0, 0.05) is 5.69 Å². The van der Waals surface area contributed by atoms with Gasteiger partial charge in [-0.1, -0.05) is 44.2 Å². The summed E-state index contributed by atoms with van der Waals surface area (Å²) in [7, 11) is -3.71. The fourth-order valence-corrected chi connectivity index (χ4v) is 4.47. The summed E-state index contributed by atoms with van der Waals surface area (Å²) in [6.45, 7) is 5.75. The van der Waals surface area contributed by atoms with Crippen molar-refractivity contribution < 1.29 is 17.9 Å². The topological polar surface area (TPSA) is 75.7 Å². The number of sulfonamides is 1. The second-order valence-electron chi connectivity index (χ2n) is 7.91. The summed E-state index contributed by atoms with van der Waals surface area (Å²) >= 11 is 0.